The molecule has 0 atom stereocenters. The van der Waals surface area contributed by atoms with Gasteiger partial charge in [-0.3, -0.25) is 0 Å². The molecule has 0 aromatic heterocycles. The van der Waals surface area contributed by atoms with Crippen LogP contribution >= 0.6 is 0 Å². The Labute approximate surface area is 102 Å². The minimum Gasteiger partial charge on any atom is -0.490 e. The monoisotopic (exact) mass is 234 g/mol. The van der Waals surface area contributed by atoms with Crippen LogP contribution in [0.3, 0.4) is 0 Å². The highest BCUT2D eigenvalue weighted by Crippen LogP contribution is 2.12. The van der Waals surface area contributed by atoms with Crippen LogP contribution in [0.4, 0.5) is 0 Å². The van der Waals surface area contributed by atoms with E-state index in [0.29, 0.717) is 12.4 Å². The molecule has 0 aliphatic heterocycles. The van der Waals surface area contributed by atoms with Crippen molar-refractivity contribution in [1.29, 1.82) is 0 Å². The summed E-state index contributed by atoms with van der Waals surface area (Å²) in [6.45, 7) is 2.68. The average Bonchev–Trinajstić information content (AvgIpc) is 2.34. The van der Waals surface area contributed by atoms with E-state index < -0.39 is 5.97 Å². The molecule has 1 N–H and O–H groups in total. The van der Waals surface area contributed by atoms with Crippen molar-refractivity contribution in [1.82, 2.24) is 0 Å². The summed E-state index contributed by atoms with van der Waals surface area (Å²) in [5.74, 6) is -0.230. The van der Waals surface area contributed by atoms with Crippen LogP contribution in [0.25, 0.3) is 0 Å². The third-order valence-electron chi connectivity index (χ3n) is 2.34. The van der Waals surface area contributed by atoms with Gasteiger partial charge in [-0.2, -0.15) is 0 Å². The number of benzene rings is 1. The van der Waals surface area contributed by atoms with Gasteiger partial charge in [0.1, 0.15) is 12.4 Å². The van der Waals surface area contributed by atoms with Crippen molar-refractivity contribution in [2.75, 3.05) is 6.61 Å². The van der Waals surface area contributed by atoms with Crippen molar-refractivity contribution in [3.05, 3.63) is 42.0 Å². The van der Waals surface area contributed by atoms with Gasteiger partial charge in [-0.05, 0) is 30.7 Å². The first-order valence-corrected chi connectivity index (χ1v) is 5.85. The second-order valence-corrected chi connectivity index (χ2v) is 3.75. The highest BCUT2D eigenvalue weighted by molar-refractivity contribution is 5.87. The van der Waals surface area contributed by atoms with E-state index in [9.17, 15) is 4.79 Å². The summed E-state index contributed by atoms with van der Waals surface area (Å²) < 4.78 is 5.44. The second kappa shape index (κ2) is 7.49. The third kappa shape index (κ3) is 5.20. The van der Waals surface area contributed by atoms with Gasteiger partial charge in [0.05, 0.1) is 5.56 Å². The van der Waals surface area contributed by atoms with E-state index in [1.54, 1.807) is 24.3 Å². The van der Waals surface area contributed by atoms with Crippen LogP contribution in [-0.4, -0.2) is 17.7 Å². The first-order chi connectivity index (χ1) is 8.24. The third-order valence-corrected chi connectivity index (χ3v) is 2.34. The number of allylic oxidation sites excluding steroid dienone is 1. The van der Waals surface area contributed by atoms with Crippen LogP contribution in [0.5, 0.6) is 5.75 Å². The van der Waals surface area contributed by atoms with E-state index in [1.807, 2.05) is 6.08 Å². The molecule has 17 heavy (non-hydrogen) atoms. The first-order valence-electron chi connectivity index (χ1n) is 5.85. The van der Waals surface area contributed by atoms with Gasteiger partial charge in [0, 0.05) is 0 Å². The molecular formula is C14H18O3. The van der Waals surface area contributed by atoms with Gasteiger partial charge in [-0.25, -0.2) is 4.79 Å². The van der Waals surface area contributed by atoms with Gasteiger partial charge in [0.2, 0.25) is 0 Å². The van der Waals surface area contributed by atoms with E-state index >= 15 is 0 Å². The Morgan fingerprint density at radius 3 is 2.59 bits per heavy atom. The molecule has 3 heteroatoms. The van der Waals surface area contributed by atoms with Gasteiger partial charge in [-0.15, -0.1) is 0 Å². The Kier molecular flexibility index (Phi) is 5.86. The molecule has 1 aromatic rings. The van der Waals surface area contributed by atoms with Crippen molar-refractivity contribution in [2.45, 2.75) is 26.2 Å². The van der Waals surface area contributed by atoms with Crippen molar-refractivity contribution < 1.29 is 14.6 Å². The Bertz CT molecular complexity index is 366. The zero-order valence-electron chi connectivity index (χ0n) is 10.1. The van der Waals surface area contributed by atoms with Crippen LogP contribution < -0.4 is 4.74 Å². The molecule has 0 saturated carbocycles. The molecule has 1 aromatic carbocycles. The van der Waals surface area contributed by atoms with Crippen LogP contribution in [0.2, 0.25) is 0 Å². The quantitative estimate of drug-likeness (QED) is 0.580. The summed E-state index contributed by atoms with van der Waals surface area (Å²) in [4.78, 5) is 10.6. The van der Waals surface area contributed by atoms with Crippen LogP contribution in [0, 0.1) is 0 Å². The molecule has 0 radical (unpaired) electrons. The van der Waals surface area contributed by atoms with Gasteiger partial charge in [-0.1, -0.05) is 31.9 Å². The molecule has 0 unspecified atom stereocenters. The number of carboxylic acids is 1. The van der Waals surface area contributed by atoms with Crippen LogP contribution in [-0.2, 0) is 0 Å². The molecule has 92 valence electrons. The average molecular weight is 234 g/mol. The predicted octanol–water partition coefficient (Wildman–Crippen LogP) is 3.51. The Morgan fingerprint density at radius 1 is 1.29 bits per heavy atom. The summed E-state index contributed by atoms with van der Waals surface area (Å²) in [6.07, 6.45) is 7.57. The summed E-state index contributed by atoms with van der Waals surface area (Å²) in [7, 11) is 0. The van der Waals surface area contributed by atoms with Crippen LogP contribution in [0.1, 0.15) is 36.5 Å². The zero-order chi connectivity index (χ0) is 12.5. The van der Waals surface area contributed by atoms with E-state index in [-0.39, 0.29) is 5.56 Å². The molecule has 0 bridgehead atoms. The minimum absolute atomic E-state index is 0.274. The Balaban J connectivity index is 2.32. The van der Waals surface area contributed by atoms with Crippen molar-refractivity contribution in [2.24, 2.45) is 0 Å². The number of unbranched alkanes of at least 4 members (excludes halogenated alkanes) is 2. The lowest BCUT2D eigenvalue weighted by molar-refractivity contribution is 0.0697. The topological polar surface area (TPSA) is 46.5 Å². The minimum atomic E-state index is -0.920. The maximum Gasteiger partial charge on any atom is 0.335 e. The molecule has 1 rings (SSSR count). The Hall–Kier alpha value is -1.77. The molecule has 0 heterocycles. The first kappa shape index (κ1) is 13.3. The molecule has 0 fully saturated rings. The molecule has 3 nitrogen and oxygen atoms in total. The predicted molar refractivity (Wildman–Crippen MR) is 67.6 cm³/mol. The number of aromatic carboxylic acids is 1. The van der Waals surface area contributed by atoms with E-state index in [4.69, 9.17) is 9.84 Å². The number of ether oxygens (including phenoxy) is 1. The highest BCUT2D eigenvalue weighted by Gasteiger charge is 2.01. The van der Waals surface area contributed by atoms with Gasteiger partial charge in [0.25, 0.3) is 0 Å². The number of hydrogen-bond acceptors (Lipinski definition) is 2. The Morgan fingerprint density at radius 2 is 2.00 bits per heavy atom. The number of carbonyl (C=O) groups is 1. The maximum absolute atomic E-state index is 10.6. The number of hydrogen-bond donors (Lipinski definition) is 1. The fourth-order valence-electron chi connectivity index (χ4n) is 1.35. The fourth-order valence-corrected chi connectivity index (χ4v) is 1.35. The van der Waals surface area contributed by atoms with Crippen molar-refractivity contribution in [3.63, 3.8) is 0 Å². The molecule has 0 saturated heterocycles. The fraction of sp³-hybridized carbons (Fsp3) is 0.357. The summed E-state index contributed by atoms with van der Waals surface area (Å²) in [5, 5.41) is 8.72. The molecule has 0 spiro atoms. The van der Waals surface area contributed by atoms with Gasteiger partial charge < -0.3 is 9.84 Å². The van der Waals surface area contributed by atoms with Crippen molar-refractivity contribution in [3.8, 4) is 5.75 Å². The van der Waals surface area contributed by atoms with E-state index in [0.717, 1.165) is 6.42 Å². The lowest BCUT2D eigenvalue weighted by Crippen LogP contribution is -1.97. The molecular weight excluding hydrogens is 216 g/mol. The lowest BCUT2D eigenvalue weighted by atomic mass is 10.2. The molecule has 0 aliphatic rings. The summed E-state index contributed by atoms with van der Waals surface area (Å²) >= 11 is 0. The van der Waals surface area contributed by atoms with Gasteiger partial charge in [0.15, 0.2) is 0 Å². The molecule has 0 amide bonds. The maximum atomic E-state index is 10.6. The second-order valence-electron chi connectivity index (χ2n) is 3.75. The zero-order valence-corrected chi connectivity index (χ0v) is 10.1. The lowest BCUT2D eigenvalue weighted by Gasteiger charge is -2.03. The standard InChI is InChI=1S/C14H18O3/c1-2-3-4-5-6-11-17-13-9-7-12(8-10-13)14(15)16/h5-10H,2-4,11H2,1H3,(H,15,16)/b6-5+. The van der Waals surface area contributed by atoms with E-state index in [1.165, 1.54) is 12.8 Å². The largest absolute Gasteiger partial charge is 0.490 e. The summed E-state index contributed by atoms with van der Waals surface area (Å²) in [5.41, 5.74) is 0.274. The summed E-state index contributed by atoms with van der Waals surface area (Å²) in [6, 6.07) is 6.42. The van der Waals surface area contributed by atoms with Gasteiger partial charge >= 0.3 is 5.97 Å². The normalized spacial score (nSPS) is 10.6. The number of rotatable bonds is 7. The van der Waals surface area contributed by atoms with Crippen molar-refractivity contribution >= 4 is 5.97 Å². The molecule has 0 aliphatic carbocycles. The SMILES string of the molecule is CCCC/C=C/COc1ccc(C(=O)O)cc1. The van der Waals surface area contributed by atoms with Crippen LogP contribution in [0.15, 0.2) is 36.4 Å². The van der Waals surface area contributed by atoms with E-state index in [2.05, 4.69) is 13.0 Å². The smallest absolute Gasteiger partial charge is 0.335 e. The highest BCUT2D eigenvalue weighted by atomic mass is 16.5. The number of carboxylic acid groups (broad SMARTS) is 1.